The van der Waals surface area contributed by atoms with E-state index in [4.69, 9.17) is 21.4 Å². The summed E-state index contributed by atoms with van der Waals surface area (Å²) in [5.74, 6) is 0. The van der Waals surface area contributed by atoms with E-state index in [2.05, 4.69) is 0 Å². The van der Waals surface area contributed by atoms with Crippen LogP contribution in [0.2, 0.25) is 5.02 Å². The molecule has 0 spiro atoms. The fraction of sp³-hybridized carbons (Fsp3) is 0.250. The van der Waals surface area contributed by atoms with Crippen molar-refractivity contribution in [2.45, 2.75) is 13.8 Å². The molecule has 1 rings (SSSR count). The zero-order valence-corrected chi connectivity index (χ0v) is 10.4. The molecule has 0 aliphatic heterocycles. The second-order valence-electron chi connectivity index (χ2n) is 3.32. The number of hydrogen-bond donors (Lipinski definition) is 1. The van der Waals surface area contributed by atoms with E-state index in [0.717, 1.165) is 10.5 Å². The number of halogens is 1. The van der Waals surface area contributed by atoms with Crippen molar-refractivity contribution in [3.05, 3.63) is 41.2 Å². The molecule has 17 heavy (non-hydrogen) atoms. The van der Waals surface area contributed by atoms with Gasteiger partial charge in [-0.2, -0.15) is 0 Å². The van der Waals surface area contributed by atoms with E-state index >= 15 is 0 Å². The lowest BCUT2D eigenvalue weighted by molar-refractivity contribution is 0.203. The number of anilines is 1. The van der Waals surface area contributed by atoms with Crippen molar-refractivity contribution in [2.75, 3.05) is 11.5 Å². The van der Waals surface area contributed by atoms with Crippen molar-refractivity contribution < 1.29 is 14.6 Å². The van der Waals surface area contributed by atoms with Gasteiger partial charge in [-0.1, -0.05) is 11.6 Å². The van der Waals surface area contributed by atoms with Crippen LogP contribution in [-0.4, -0.2) is 17.8 Å². The molecular weight excluding hydrogens is 242 g/mol. The van der Waals surface area contributed by atoms with Crippen LogP contribution in [0.25, 0.3) is 0 Å². The second-order valence-corrected chi connectivity index (χ2v) is 3.76. The standard InChI is InChI=1S/C12H14ClNO3/c1-3-17-7-6-14(12(15)16)11-5-4-10(13)8-9(11)2/h4-8H,3H2,1-2H3,(H,15,16)/b7-6+. The van der Waals surface area contributed by atoms with E-state index in [-0.39, 0.29) is 0 Å². The van der Waals surface area contributed by atoms with Crippen LogP contribution in [0.5, 0.6) is 0 Å². The number of benzene rings is 1. The van der Waals surface area contributed by atoms with E-state index < -0.39 is 6.09 Å². The molecule has 92 valence electrons. The van der Waals surface area contributed by atoms with Gasteiger partial charge < -0.3 is 9.84 Å². The molecule has 5 heteroatoms. The monoisotopic (exact) mass is 255 g/mol. The minimum Gasteiger partial charge on any atom is -0.500 e. The third-order valence-corrected chi connectivity index (χ3v) is 2.33. The number of carbonyl (C=O) groups is 1. The van der Waals surface area contributed by atoms with Gasteiger partial charge in [0.2, 0.25) is 0 Å². The van der Waals surface area contributed by atoms with Crippen molar-refractivity contribution in [2.24, 2.45) is 0 Å². The largest absolute Gasteiger partial charge is 0.500 e. The molecule has 1 aromatic carbocycles. The van der Waals surface area contributed by atoms with Crippen LogP contribution in [0, 0.1) is 6.92 Å². The first-order valence-corrected chi connectivity index (χ1v) is 5.50. The fourth-order valence-corrected chi connectivity index (χ4v) is 1.56. The van der Waals surface area contributed by atoms with Crippen LogP contribution < -0.4 is 4.90 Å². The maximum Gasteiger partial charge on any atom is 0.416 e. The molecule has 4 nitrogen and oxygen atoms in total. The lowest BCUT2D eigenvalue weighted by Gasteiger charge is -2.16. The Labute approximate surface area is 105 Å². The van der Waals surface area contributed by atoms with Crippen molar-refractivity contribution in [3.63, 3.8) is 0 Å². The number of rotatable bonds is 4. The topological polar surface area (TPSA) is 49.8 Å². The predicted octanol–water partition coefficient (Wildman–Crippen LogP) is 3.64. The summed E-state index contributed by atoms with van der Waals surface area (Å²) in [6.45, 7) is 4.11. The first kappa shape index (κ1) is 13.4. The average molecular weight is 256 g/mol. The van der Waals surface area contributed by atoms with E-state index in [9.17, 15) is 4.79 Å². The molecule has 1 aromatic rings. The van der Waals surface area contributed by atoms with Gasteiger partial charge in [0.15, 0.2) is 0 Å². The van der Waals surface area contributed by atoms with Crippen LogP contribution in [0.1, 0.15) is 12.5 Å². The molecule has 1 N–H and O–H groups in total. The molecule has 0 radical (unpaired) electrons. The molecule has 0 aliphatic carbocycles. The molecule has 0 heterocycles. The molecule has 0 unspecified atom stereocenters. The highest BCUT2D eigenvalue weighted by molar-refractivity contribution is 6.30. The van der Waals surface area contributed by atoms with Gasteiger partial charge in [0.05, 0.1) is 24.8 Å². The molecule has 1 amide bonds. The summed E-state index contributed by atoms with van der Waals surface area (Å²) < 4.78 is 4.99. The molecule has 0 saturated heterocycles. The van der Waals surface area contributed by atoms with E-state index in [0.29, 0.717) is 17.3 Å². The van der Waals surface area contributed by atoms with Crippen LogP contribution in [0.15, 0.2) is 30.7 Å². The Kier molecular flexibility index (Phi) is 4.84. The number of hydrogen-bond acceptors (Lipinski definition) is 2. The summed E-state index contributed by atoms with van der Waals surface area (Å²) in [4.78, 5) is 12.2. The highest BCUT2D eigenvalue weighted by Crippen LogP contribution is 2.24. The van der Waals surface area contributed by atoms with E-state index in [1.165, 1.54) is 12.5 Å². The minimum atomic E-state index is -1.08. The summed E-state index contributed by atoms with van der Waals surface area (Å²) in [6, 6.07) is 5.01. The number of carboxylic acid groups (broad SMARTS) is 1. The van der Waals surface area contributed by atoms with Crippen molar-refractivity contribution in [1.29, 1.82) is 0 Å². The third kappa shape index (κ3) is 3.67. The fourth-order valence-electron chi connectivity index (χ4n) is 1.34. The van der Waals surface area contributed by atoms with Gasteiger partial charge in [0, 0.05) is 5.02 Å². The SMILES string of the molecule is CCO/C=C/N(C(=O)O)c1ccc(Cl)cc1C. The Morgan fingerprint density at radius 3 is 2.82 bits per heavy atom. The Hall–Kier alpha value is -1.68. The summed E-state index contributed by atoms with van der Waals surface area (Å²) >= 11 is 5.82. The van der Waals surface area contributed by atoms with Gasteiger partial charge in [0.25, 0.3) is 0 Å². The summed E-state index contributed by atoms with van der Waals surface area (Å²) in [7, 11) is 0. The number of amides is 1. The lowest BCUT2D eigenvalue weighted by Crippen LogP contribution is -2.23. The smallest absolute Gasteiger partial charge is 0.416 e. The second kappa shape index (κ2) is 6.15. The average Bonchev–Trinajstić information content (AvgIpc) is 2.25. The van der Waals surface area contributed by atoms with Gasteiger partial charge in [-0.3, -0.25) is 4.90 Å². The zero-order valence-electron chi connectivity index (χ0n) is 9.68. The van der Waals surface area contributed by atoms with Crippen LogP contribution in [0.4, 0.5) is 10.5 Å². The summed E-state index contributed by atoms with van der Waals surface area (Å²) in [5, 5.41) is 9.68. The molecule has 0 saturated carbocycles. The van der Waals surface area contributed by atoms with Crippen molar-refractivity contribution >= 4 is 23.4 Å². The van der Waals surface area contributed by atoms with Gasteiger partial charge in [-0.05, 0) is 37.6 Å². The van der Waals surface area contributed by atoms with Gasteiger partial charge in [-0.25, -0.2) is 4.79 Å². The van der Waals surface area contributed by atoms with Gasteiger partial charge in [0.1, 0.15) is 0 Å². The summed E-state index contributed by atoms with van der Waals surface area (Å²) in [6.07, 6.45) is 1.64. The highest BCUT2D eigenvalue weighted by atomic mass is 35.5. The van der Waals surface area contributed by atoms with Gasteiger partial charge in [-0.15, -0.1) is 0 Å². The molecular formula is C12H14ClNO3. The van der Waals surface area contributed by atoms with Crippen molar-refractivity contribution in [3.8, 4) is 0 Å². The predicted molar refractivity (Wildman–Crippen MR) is 67.5 cm³/mol. The number of ether oxygens (including phenoxy) is 1. The first-order valence-electron chi connectivity index (χ1n) is 5.12. The lowest BCUT2D eigenvalue weighted by atomic mass is 10.2. The zero-order chi connectivity index (χ0) is 12.8. The Morgan fingerprint density at radius 1 is 1.59 bits per heavy atom. The summed E-state index contributed by atoms with van der Waals surface area (Å²) in [5.41, 5.74) is 1.33. The minimum absolute atomic E-state index is 0.490. The Bertz CT molecular complexity index is 432. The molecule has 0 fully saturated rings. The van der Waals surface area contributed by atoms with Crippen LogP contribution in [0.3, 0.4) is 0 Å². The maximum absolute atomic E-state index is 11.1. The molecule has 0 aliphatic rings. The number of aryl methyl sites for hydroxylation is 1. The molecule has 0 atom stereocenters. The Balaban J connectivity index is 3.01. The maximum atomic E-state index is 11.1. The van der Waals surface area contributed by atoms with Crippen LogP contribution in [-0.2, 0) is 4.74 Å². The quantitative estimate of drug-likeness (QED) is 0.836. The highest BCUT2D eigenvalue weighted by Gasteiger charge is 2.13. The number of nitrogens with zero attached hydrogens (tertiary/aromatic N) is 1. The molecule has 0 aromatic heterocycles. The first-order chi connectivity index (χ1) is 8.06. The van der Waals surface area contributed by atoms with Gasteiger partial charge >= 0.3 is 6.09 Å². The normalized spacial score (nSPS) is 10.5. The van der Waals surface area contributed by atoms with Crippen molar-refractivity contribution in [1.82, 2.24) is 0 Å². The van der Waals surface area contributed by atoms with E-state index in [1.807, 2.05) is 6.92 Å². The van der Waals surface area contributed by atoms with E-state index in [1.54, 1.807) is 25.1 Å². The third-order valence-electron chi connectivity index (χ3n) is 2.10. The Morgan fingerprint density at radius 2 is 2.29 bits per heavy atom. The molecule has 0 bridgehead atoms. The van der Waals surface area contributed by atoms with Crippen LogP contribution >= 0.6 is 11.6 Å².